The van der Waals surface area contributed by atoms with E-state index in [0.717, 1.165) is 25.1 Å². The number of hydrogen-bond donors (Lipinski definition) is 1. The van der Waals surface area contributed by atoms with Gasteiger partial charge in [0.05, 0.1) is 4.92 Å². The minimum absolute atomic E-state index is 0.383. The number of ether oxygens (including phenoxy) is 1. The van der Waals surface area contributed by atoms with Gasteiger partial charge in [0.15, 0.2) is 12.3 Å². The van der Waals surface area contributed by atoms with Gasteiger partial charge in [-0.05, 0) is 19.9 Å². The lowest BCUT2D eigenvalue weighted by Crippen LogP contribution is -2.52. The predicted octanol–water partition coefficient (Wildman–Crippen LogP) is 2.36. The minimum atomic E-state index is -2.07. The number of nitrogens with zero attached hydrogens (tertiary/aromatic N) is 2. The highest BCUT2D eigenvalue weighted by Gasteiger charge is 2.50. The molecule has 0 bridgehead atoms. The Hall–Kier alpha value is -2.32. The number of hydrogen-bond acceptors (Lipinski definition) is 5. The predicted molar refractivity (Wildman–Crippen MR) is 72.4 cm³/mol. The van der Waals surface area contributed by atoms with Crippen LogP contribution in [0.4, 0.5) is 18.9 Å². The van der Waals surface area contributed by atoms with Crippen molar-refractivity contribution in [3.8, 4) is 0 Å². The number of nitrogens with two attached hydrogens (primary N) is 1. The second-order valence-electron chi connectivity index (χ2n) is 5.18. The van der Waals surface area contributed by atoms with E-state index in [-0.39, 0.29) is 5.56 Å². The number of nitro groups is 1. The van der Waals surface area contributed by atoms with Gasteiger partial charge in [0.1, 0.15) is 17.5 Å². The summed E-state index contributed by atoms with van der Waals surface area (Å²) >= 11 is 0. The lowest BCUT2D eigenvalue weighted by atomic mass is 9.83. The SMILES string of the molecule is C[C@H](F)[C@H]1OC(N)=N[C@](C)(c2cc([N+](=O)[O-])ccc2F)[C@H]1F. The summed E-state index contributed by atoms with van der Waals surface area (Å²) in [5.41, 5.74) is 2.68. The molecule has 1 heterocycles. The molecule has 1 aromatic carbocycles. The Morgan fingerprint density at radius 2 is 2.18 bits per heavy atom. The maximum Gasteiger partial charge on any atom is 0.283 e. The third-order valence-corrected chi connectivity index (χ3v) is 3.58. The van der Waals surface area contributed by atoms with Crippen LogP contribution in [0.5, 0.6) is 0 Å². The highest BCUT2D eigenvalue weighted by molar-refractivity contribution is 5.73. The summed E-state index contributed by atoms with van der Waals surface area (Å²) in [7, 11) is 0. The first kappa shape index (κ1) is 16.1. The molecule has 0 spiro atoms. The van der Waals surface area contributed by atoms with Crippen molar-refractivity contribution in [2.45, 2.75) is 37.8 Å². The zero-order valence-electron chi connectivity index (χ0n) is 11.8. The third kappa shape index (κ3) is 2.58. The van der Waals surface area contributed by atoms with Crippen LogP contribution in [0, 0.1) is 15.9 Å². The van der Waals surface area contributed by atoms with Crippen LogP contribution in [0.2, 0.25) is 0 Å². The minimum Gasteiger partial charge on any atom is -0.456 e. The number of amidine groups is 1. The molecular weight excluding hydrogens is 303 g/mol. The molecule has 1 aliphatic heterocycles. The number of benzene rings is 1. The number of nitro benzene ring substituents is 1. The summed E-state index contributed by atoms with van der Waals surface area (Å²) in [6.07, 6.45) is -5.39. The molecule has 120 valence electrons. The molecule has 0 aliphatic carbocycles. The molecule has 0 aromatic heterocycles. The van der Waals surface area contributed by atoms with Gasteiger partial charge in [-0.25, -0.2) is 18.2 Å². The van der Waals surface area contributed by atoms with Crippen molar-refractivity contribution in [3.05, 3.63) is 39.7 Å². The van der Waals surface area contributed by atoms with Crippen molar-refractivity contribution in [2.75, 3.05) is 0 Å². The van der Waals surface area contributed by atoms with Gasteiger partial charge in [-0.2, -0.15) is 0 Å². The van der Waals surface area contributed by atoms with Crippen LogP contribution in [-0.4, -0.2) is 29.4 Å². The quantitative estimate of drug-likeness (QED) is 0.684. The third-order valence-electron chi connectivity index (χ3n) is 3.58. The topological polar surface area (TPSA) is 90.8 Å². The largest absolute Gasteiger partial charge is 0.456 e. The molecule has 0 fully saturated rings. The van der Waals surface area contributed by atoms with Gasteiger partial charge >= 0.3 is 0 Å². The molecule has 2 rings (SSSR count). The molecule has 0 unspecified atom stereocenters. The fourth-order valence-corrected chi connectivity index (χ4v) is 2.39. The van der Waals surface area contributed by atoms with Crippen LogP contribution in [0.15, 0.2) is 23.2 Å². The highest BCUT2D eigenvalue weighted by Crippen LogP contribution is 2.40. The summed E-state index contributed by atoms with van der Waals surface area (Å²) in [4.78, 5) is 13.8. The van der Waals surface area contributed by atoms with Crippen LogP contribution < -0.4 is 5.73 Å². The molecular formula is C13H14F3N3O3. The maximum atomic E-state index is 14.7. The Bertz CT molecular complexity index is 638. The molecule has 4 atom stereocenters. The maximum absolute atomic E-state index is 14.7. The Labute approximate surface area is 123 Å². The second kappa shape index (κ2) is 5.47. The summed E-state index contributed by atoms with van der Waals surface area (Å²) in [6.45, 7) is 2.25. The van der Waals surface area contributed by atoms with Crippen LogP contribution in [0.3, 0.4) is 0 Å². The Morgan fingerprint density at radius 3 is 2.73 bits per heavy atom. The highest BCUT2D eigenvalue weighted by atomic mass is 19.1. The number of rotatable bonds is 3. The smallest absolute Gasteiger partial charge is 0.283 e. The Balaban J connectivity index is 2.60. The van der Waals surface area contributed by atoms with E-state index in [4.69, 9.17) is 10.5 Å². The van der Waals surface area contributed by atoms with Crippen molar-refractivity contribution in [1.82, 2.24) is 0 Å². The molecule has 0 radical (unpaired) electrons. The monoisotopic (exact) mass is 317 g/mol. The summed E-state index contributed by atoms with van der Waals surface area (Å²) in [6, 6.07) is 2.14. The van der Waals surface area contributed by atoms with Crippen LogP contribution >= 0.6 is 0 Å². The fourth-order valence-electron chi connectivity index (χ4n) is 2.39. The van der Waals surface area contributed by atoms with E-state index >= 15 is 0 Å². The number of aliphatic imine (C=N–C) groups is 1. The number of halogens is 3. The van der Waals surface area contributed by atoms with E-state index < -0.39 is 46.4 Å². The van der Waals surface area contributed by atoms with Crippen LogP contribution in [0.25, 0.3) is 0 Å². The van der Waals surface area contributed by atoms with Gasteiger partial charge in [-0.15, -0.1) is 0 Å². The average molecular weight is 317 g/mol. The van der Waals surface area contributed by atoms with Crippen molar-refractivity contribution in [2.24, 2.45) is 10.7 Å². The zero-order chi connectivity index (χ0) is 16.7. The van der Waals surface area contributed by atoms with E-state index in [1.807, 2.05) is 0 Å². The fraction of sp³-hybridized carbons (Fsp3) is 0.462. The second-order valence-corrected chi connectivity index (χ2v) is 5.18. The summed E-state index contributed by atoms with van der Waals surface area (Å²) in [5, 5.41) is 10.8. The number of alkyl halides is 2. The van der Waals surface area contributed by atoms with Crippen molar-refractivity contribution >= 4 is 11.7 Å². The normalized spacial score (nSPS) is 29.4. The van der Waals surface area contributed by atoms with E-state index in [0.29, 0.717) is 0 Å². The van der Waals surface area contributed by atoms with Gasteiger partial charge < -0.3 is 10.5 Å². The molecule has 0 saturated carbocycles. The molecule has 0 saturated heterocycles. The van der Waals surface area contributed by atoms with E-state index in [1.54, 1.807) is 0 Å². The summed E-state index contributed by atoms with van der Waals surface area (Å²) in [5.74, 6) is -0.903. The molecule has 22 heavy (non-hydrogen) atoms. The standard InChI is InChI=1S/C13H14F3N3O3/c1-6(14)10-11(16)13(2,18-12(17)22-10)8-5-7(19(20)21)3-4-9(8)15/h3-6,10-11H,1-2H3,(H2,17,18)/t6-,10+,11-,13+/m0/s1. The lowest BCUT2D eigenvalue weighted by Gasteiger charge is -2.38. The van der Waals surface area contributed by atoms with Gasteiger partial charge in [-0.1, -0.05) is 0 Å². The number of non-ortho nitro benzene ring substituents is 1. The lowest BCUT2D eigenvalue weighted by molar-refractivity contribution is -0.385. The average Bonchev–Trinajstić information content (AvgIpc) is 2.42. The first-order valence-electron chi connectivity index (χ1n) is 6.41. The van der Waals surface area contributed by atoms with Crippen molar-refractivity contribution in [1.29, 1.82) is 0 Å². The zero-order valence-corrected chi connectivity index (χ0v) is 11.8. The van der Waals surface area contributed by atoms with E-state index in [2.05, 4.69) is 4.99 Å². The van der Waals surface area contributed by atoms with Crippen LogP contribution in [0.1, 0.15) is 19.4 Å². The molecule has 9 heteroatoms. The van der Waals surface area contributed by atoms with Gasteiger partial charge in [0, 0.05) is 17.7 Å². The van der Waals surface area contributed by atoms with Gasteiger partial charge in [0.25, 0.3) is 11.7 Å². The van der Waals surface area contributed by atoms with E-state index in [9.17, 15) is 23.3 Å². The summed E-state index contributed by atoms with van der Waals surface area (Å²) < 4.78 is 47.0. The Morgan fingerprint density at radius 1 is 1.55 bits per heavy atom. The van der Waals surface area contributed by atoms with Crippen molar-refractivity contribution < 1.29 is 22.8 Å². The molecule has 1 aromatic rings. The van der Waals surface area contributed by atoms with Crippen LogP contribution in [-0.2, 0) is 10.3 Å². The molecule has 1 aliphatic rings. The van der Waals surface area contributed by atoms with E-state index in [1.165, 1.54) is 6.92 Å². The van der Waals surface area contributed by atoms with Crippen molar-refractivity contribution in [3.63, 3.8) is 0 Å². The van der Waals surface area contributed by atoms with Gasteiger partial charge in [0.2, 0.25) is 0 Å². The first-order chi connectivity index (χ1) is 10.2. The van der Waals surface area contributed by atoms with Gasteiger partial charge in [-0.3, -0.25) is 10.1 Å². The Kier molecular flexibility index (Phi) is 3.99. The molecule has 2 N–H and O–H groups in total. The molecule has 6 nitrogen and oxygen atoms in total. The first-order valence-corrected chi connectivity index (χ1v) is 6.41. The molecule has 0 amide bonds.